The minimum atomic E-state index is -0.893. The van der Waals surface area contributed by atoms with Gasteiger partial charge in [0.05, 0.1) is 0 Å². The van der Waals surface area contributed by atoms with E-state index in [0.29, 0.717) is 10.6 Å². The number of thiophene rings is 1. The zero-order valence-corrected chi connectivity index (χ0v) is 8.62. The van der Waals surface area contributed by atoms with E-state index in [4.69, 9.17) is 10.8 Å². The first-order valence-electron chi connectivity index (χ1n) is 4.36. The second-order valence-electron chi connectivity index (χ2n) is 3.09. The molecule has 0 amide bonds. The van der Waals surface area contributed by atoms with Crippen molar-refractivity contribution in [1.82, 2.24) is 0 Å². The first-order chi connectivity index (χ1) is 7.16. The van der Waals surface area contributed by atoms with E-state index in [2.05, 4.69) is 0 Å². The third-order valence-corrected chi connectivity index (χ3v) is 3.11. The molecular formula is C11H10NNaO2S. The van der Waals surface area contributed by atoms with Gasteiger partial charge in [-0.1, -0.05) is 12.1 Å². The van der Waals surface area contributed by atoms with Crippen LogP contribution < -0.4 is 5.73 Å². The fourth-order valence-corrected chi connectivity index (χ4v) is 2.14. The van der Waals surface area contributed by atoms with Gasteiger partial charge in [-0.2, -0.15) is 0 Å². The Balaban J connectivity index is 0.00000128. The summed E-state index contributed by atoms with van der Waals surface area (Å²) in [5, 5.41) is 8.79. The SMILES string of the molecule is Nc1cccc(-c2ccc(C(=O)O)s2)c1.[NaH]. The molecule has 0 aliphatic rings. The number of nitrogen functional groups attached to an aromatic ring is 1. The van der Waals surface area contributed by atoms with Crippen LogP contribution in [0.3, 0.4) is 0 Å². The van der Waals surface area contributed by atoms with Crippen molar-refractivity contribution in [1.29, 1.82) is 0 Å². The van der Waals surface area contributed by atoms with Gasteiger partial charge in [0.25, 0.3) is 0 Å². The molecule has 0 saturated carbocycles. The zero-order valence-electron chi connectivity index (χ0n) is 7.81. The zero-order chi connectivity index (χ0) is 10.8. The van der Waals surface area contributed by atoms with Gasteiger partial charge in [0.2, 0.25) is 0 Å². The number of carbonyl (C=O) groups is 1. The van der Waals surface area contributed by atoms with E-state index in [1.165, 1.54) is 11.3 Å². The second kappa shape index (κ2) is 5.50. The Labute approximate surface area is 119 Å². The van der Waals surface area contributed by atoms with Crippen LogP contribution >= 0.6 is 11.3 Å². The fraction of sp³-hybridized carbons (Fsp3) is 0. The van der Waals surface area contributed by atoms with E-state index in [1.54, 1.807) is 18.2 Å². The van der Waals surface area contributed by atoms with E-state index in [9.17, 15) is 4.79 Å². The molecule has 0 spiro atoms. The Kier molecular flexibility index (Phi) is 4.56. The van der Waals surface area contributed by atoms with Crippen molar-refractivity contribution in [3.05, 3.63) is 41.3 Å². The number of benzene rings is 1. The minimum absolute atomic E-state index is 0. The van der Waals surface area contributed by atoms with Gasteiger partial charge in [-0.05, 0) is 29.8 Å². The number of aromatic carboxylic acids is 1. The third kappa shape index (κ3) is 2.86. The Bertz CT molecular complexity index is 510. The number of nitrogens with two attached hydrogens (primary N) is 1. The molecule has 0 radical (unpaired) electrons. The number of rotatable bonds is 2. The van der Waals surface area contributed by atoms with Gasteiger partial charge in [0.15, 0.2) is 0 Å². The standard InChI is InChI=1S/C11H9NO2S.Na.H/c12-8-3-1-2-7(6-8)9-4-5-10(15-9)11(13)14;;/h1-6H,12H2,(H,13,14);;. The van der Waals surface area contributed by atoms with E-state index in [-0.39, 0.29) is 29.6 Å². The third-order valence-electron chi connectivity index (χ3n) is 1.99. The monoisotopic (exact) mass is 243 g/mol. The van der Waals surface area contributed by atoms with Crippen molar-refractivity contribution in [2.75, 3.05) is 5.73 Å². The summed E-state index contributed by atoms with van der Waals surface area (Å²) in [6.45, 7) is 0. The topological polar surface area (TPSA) is 63.3 Å². The number of hydrogen-bond acceptors (Lipinski definition) is 3. The van der Waals surface area contributed by atoms with Gasteiger partial charge < -0.3 is 10.8 Å². The number of carboxylic acids is 1. The van der Waals surface area contributed by atoms with Crippen molar-refractivity contribution in [3.8, 4) is 10.4 Å². The quantitative estimate of drug-likeness (QED) is 0.626. The van der Waals surface area contributed by atoms with Crippen LogP contribution in [0, 0.1) is 0 Å². The molecule has 5 heteroatoms. The predicted octanol–water partition coefficient (Wildman–Crippen LogP) is 2.05. The average Bonchev–Trinajstić information content (AvgIpc) is 2.66. The van der Waals surface area contributed by atoms with Crippen LogP contribution in [0.5, 0.6) is 0 Å². The number of carboxylic acid groups (broad SMARTS) is 1. The molecule has 16 heavy (non-hydrogen) atoms. The fourth-order valence-electron chi connectivity index (χ4n) is 1.30. The molecule has 0 saturated heterocycles. The van der Waals surface area contributed by atoms with Crippen LogP contribution in [-0.4, -0.2) is 40.6 Å². The summed E-state index contributed by atoms with van der Waals surface area (Å²) < 4.78 is 0. The van der Waals surface area contributed by atoms with Crippen LogP contribution in [0.2, 0.25) is 0 Å². The molecular weight excluding hydrogens is 233 g/mol. The summed E-state index contributed by atoms with van der Waals surface area (Å²) >= 11 is 1.25. The molecule has 0 unspecified atom stereocenters. The molecule has 1 aromatic carbocycles. The van der Waals surface area contributed by atoms with Gasteiger partial charge in [-0.15, -0.1) is 11.3 Å². The summed E-state index contributed by atoms with van der Waals surface area (Å²) in [6, 6.07) is 10.8. The summed E-state index contributed by atoms with van der Waals surface area (Å²) in [5.41, 5.74) is 7.28. The van der Waals surface area contributed by atoms with Crippen molar-refractivity contribution in [3.63, 3.8) is 0 Å². The summed E-state index contributed by atoms with van der Waals surface area (Å²) in [5.74, 6) is -0.893. The van der Waals surface area contributed by atoms with E-state index in [1.807, 2.05) is 18.2 Å². The molecule has 0 aliphatic carbocycles. The maximum atomic E-state index is 10.7. The molecule has 0 atom stereocenters. The Morgan fingerprint density at radius 1 is 1.25 bits per heavy atom. The second-order valence-corrected chi connectivity index (χ2v) is 4.18. The molecule has 78 valence electrons. The predicted molar refractivity (Wildman–Crippen MR) is 68.3 cm³/mol. The molecule has 0 aliphatic heterocycles. The van der Waals surface area contributed by atoms with Crippen molar-refractivity contribution >= 4 is 52.6 Å². The van der Waals surface area contributed by atoms with Gasteiger partial charge in [-0.25, -0.2) is 4.79 Å². The first kappa shape index (κ1) is 13.3. The first-order valence-corrected chi connectivity index (χ1v) is 5.17. The molecule has 3 N–H and O–H groups in total. The van der Waals surface area contributed by atoms with Crippen molar-refractivity contribution in [2.45, 2.75) is 0 Å². The van der Waals surface area contributed by atoms with Gasteiger partial charge in [0.1, 0.15) is 4.88 Å². The summed E-state index contributed by atoms with van der Waals surface area (Å²) in [7, 11) is 0. The Morgan fingerprint density at radius 2 is 2.00 bits per heavy atom. The van der Waals surface area contributed by atoms with Gasteiger partial charge in [0, 0.05) is 10.6 Å². The summed E-state index contributed by atoms with van der Waals surface area (Å²) in [4.78, 5) is 12.0. The van der Waals surface area contributed by atoms with Crippen LogP contribution in [0.15, 0.2) is 36.4 Å². The molecule has 1 heterocycles. The van der Waals surface area contributed by atoms with Crippen LogP contribution in [0.25, 0.3) is 10.4 Å². The van der Waals surface area contributed by atoms with Crippen molar-refractivity contribution in [2.24, 2.45) is 0 Å². The number of anilines is 1. The van der Waals surface area contributed by atoms with E-state index in [0.717, 1.165) is 10.4 Å². The Hall–Kier alpha value is -0.810. The molecule has 1 aromatic heterocycles. The maximum absolute atomic E-state index is 10.7. The average molecular weight is 243 g/mol. The van der Waals surface area contributed by atoms with Gasteiger partial charge in [-0.3, -0.25) is 0 Å². The normalized spacial score (nSPS) is 9.50. The number of hydrogen-bond donors (Lipinski definition) is 2. The Morgan fingerprint density at radius 3 is 2.56 bits per heavy atom. The molecule has 2 rings (SSSR count). The molecule has 0 fully saturated rings. The van der Waals surface area contributed by atoms with Crippen LogP contribution in [0.1, 0.15) is 9.67 Å². The molecule has 2 aromatic rings. The van der Waals surface area contributed by atoms with Crippen LogP contribution in [-0.2, 0) is 0 Å². The van der Waals surface area contributed by atoms with E-state index >= 15 is 0 Å². The van der Waals surface area contributed by atoms with E-state index < -0.39 is 5.97 Å². The van der Waals surface area contributed by atoms with Gasteiger partial charge >= 0.3 is 35.5 Å². The van der Waals surface area contributed by atoms with Crippen LogP contribution in [0.4, 0.5) is 5.69 Å². The van der Waals surface area contributed by atoms with Crippen molar-refractivity contribution < 1.29 is 9.90 Å². The molecule has 0 bridgehead atoms. The molecule has 3 nitrogen and oxygen atoms in total. The summed E-state index contributed by atoms with van der Waals surface area (Å²) in [6.07, 6.45) is 0.